The van der Waals surface area contributed by atoms with Gasteiger partial charge in [-0.05, 0) is 19.8 Å². The maximum Gasteiger partial charge on any atom is 0.0831 e. The van der Waals surface area contributed by atoms with Crippen LogP contribution in [0.5, 0.6) is 0 Å². The summed E-state index contributed by atoms with van der Waals surface area (Å²) < 4.78 is 10.8. The van der Waals surface area contributed by atoms with Crippen molar-refractivity contribution in [1.29, 1.82) is 0 Å². The third kappa shape index (κ3) is 3.09. The van der Waals surface area contributed by atoms with Crippen molar-refractivity contribution in [3.8, 4) is 0 Å². The predicted molar refractivity (Wildman–Crippen MR) is 48.1 cm³/mol. The lowest BCUT2D eigenvalue weighted by atomic mass is 10.0. The van der Waals surface area contributed by atoms with Gasteiger partial charge in [-0.15, -0.1) is 0 Å². The first kappa shape index (κ1) is 9.96. The van der Waals surface area contributed by atoms with Crippen LogP contribution in [0, 0.1) is 0 Å². The molecule has 3 nitrogen and oxygen atoms in total. The van der Waals surface area contributed by atoms with E-state index in [0.717, 1.165) is 26.1 Å². The molecule has 0 saturated carbocycles. The van der Waals surface area contributed by atoms with E-state index in [0.29, 0.717) is 6.61 Å². The topological polar surface area (TPSA) is 44.5 Å². The van der Waals surface area contributed by atoms with Crippen LogP contribution in [0.2, 0.25) is 0 Å². The minimum Gasteiger partial charge on any atom is -0.379 e. The van der Waals surface area contributed by atoms with Crippen molar-refractivity contribution in [2.75, 3.05) is 19.8 Å². The van der Waals surface area contributed by atoms with Gasteiger partial charge in [0, 0.05) is 12.1 Å². The summed E-state index contributed by atoms with van der Waals surface area (Å²) in [6.07, 6.45) is 2.24. The van der Waals surface area contributed by atoms with E-state index in [9.17, 15) is 0 Å². The van der Waals surface area contributed by atoms with Gasteiger partial charge in [0.1, 0.15) is 0 Å². The van der Waals surface area contributed by atoms with Gasteiger partial charge in [0.15, 0.2) is 0 Å². The van der Waals surface area contributed by atoms with E-state index in [1.165, 1.54) is 0 Å². The maximum absolute atomic E-state index is 5.93. The SMILES string of the molecule is CCC(C)(N)COC1CCOC1. The van der Waals surface area contributed by atoms with Crippen molar-refractivity contribution in [1.82, 2.24) is 0 Å². The van der Waals surface area contributed by atoms with Gasteiger partial charge in [-0.3, -0.25) is 0 Å². The van der Waals surface area contributed by atoms with E-state index >= 15 is 0 Å². The van der Waals surface area contributed by atoms with Gasteiger partial charge in [-0.1, -0.05) is 6.92 Å². The zero-order chi connectivity index (χ0) is 9.03. The van der Waals surface area contributed by atoms with Crippen molar-refractivity contribution in [2.24, 2.45) is 5.73 Å². The molecular weight excluding hydrogens is 154 g/mol. The number of hydrogen-bond acceptors (Lipinski definition) is 3. The van der Waals surface area contributed by atoms with Gasteiger partial charge < -0.3 is 15.2 Å². The average molecular weight is 173 g/mol. The number of hydrogen-bond donors (Lipinski definition) is 1. The monoisotopic (exact) mass is 173 g/mol. The molecule has 2 N–H and O–H groups in total. The molecule has 2 unspecified atom stereocenters. The Hall–Kier alpha value is -0.120. The van der Waals surface area contributed by atoms with Crippen LogP contribution in [0.25, 0.3) is 0 Å². The van der Waals surface area contributed by atoms with Crippen molar-refractivity contribution in [2.45, 2.75) is 38.3 Å². The van der Waals surface area contributed by atoms with Gasteiger partial charge in [0.25, 0.3) is 0 Å². The highest BCUT2D eigenvalue weighted by Gasteiger charge is 2.21. The van der Waals surface area contributed by atoms with Crippen LogP contribution >= 0.6 is 0 Å². The summed E-state index contributed by atoms with van der Waals surface area (Å²) >= 11 is 0. The fraction of sp³-hybridized carbons (Fsp3) is 1.00. The Morgan fingerprint density at radius 3 is 2.92 bits per heavy atom. The highest BCUT2D eigenvalue weighted by Crippen LogP contribution is 2.12. The van der Waals surface area contributed by atoms with E-state index in [4.69, 9.17) is 15.2 Å². The number of nitrogens with two attached hydrogens (primary N) is 1. The third-order valence-corrected chi connectivity index (χ3v) is 2.34. The molecule has 1 aliphatic heterocycles. The zero-order valence-electron chi connectivity index (χ0n) is 8.01. The van der Waals surface area contributed by atoms with Gasteiger partial charge in [0.2, 0.25) is 0 Å². The molecule has 2 atom stereocenters. The molecule has 1 aliphatic rings. The second-order valence-corrected chi connectivity index (χ2v) is 3.80. The third-order valence-electron chi connectivity index (χ3n) is 2.34. The normalized spacial score (nSPS) is 28.8. The molecule has 0 aromatic heterocycles. The molecule has 1 fully saturated rings. The van der Waals surface area contributed by atoms with Crippen LogP contribution < -0.4 is 5.73 Å². The fourth-order valence-electron chi connectivity index (χ4n) is 1.05. The Balaban J connectivity index is 2.15. The summed E-state index contributed by atoms with van der Waals surface area (Å²) in [5.41, 5.74) is 5.75. The lowest BCUT2D eigenvalue weighted by molar-refractivity contribution is 0.0165. The van der Waals surface area contributed by atoms with Crippen molar-refractivity contribution < 1.29 is 9.47 Å². The van der Waals surface area contributed by atoms with Crippen LogP contribution in [0.15, 0.2) is 0 Å². The van der Waals surface area contributed by atoms with E-state index < -0.39 is 0 Å². The fourth-order valence-corrected chi connectivity index (χ4v) is 1.05. The largest absolute Gasteiger partial charge is 0.379 e. The van der Waals surface area contributed by atoms with E-state index in [1.807, 2.05) is 6.92 Å². The molecule has 72 valence electrons. The molecule has 3 heteroatoms. The van der Waals surface area contributed by atoms with Crippen molar-refractivity contribution >= 4 is 0 Å². The first-order valence-corrected chi connectivity index (χ1v) is 4.62. The minimum atomic E-state index is -0.178. The summed E-state index contributed by atoms with van der Waals surface area (Å²) in [5.74, 6) is 0. The molecule has 0 aromatic carbocycles. The maximum atomic E-state index is 5.93. The van der Waals surface area contributed by atoms with Crippen LogP contribution in [0.3, 0.4) is 0 Å². The quantitative estimate of drug-likeness (QED) is 0.687. The summed E-state index contributed by atoms with van der Waals surface area (Å²) in [6, 6.07) is 0. The first-order valence-electron chi connectivity index (χ1n) is 4.62. The Bertz CT molecular complexity index is 130. The number of rotatable bonds is 4. The minimum absolute atomic E-state index is 0.178. The van der Waals surface area contributed by atoms with E-state index in [1.54, 1.807) is 0 Å². The van der Waals surface area contributed by atoms with Crippen LogP contribution in [-0.2, 0) is 9.47 Å². The molecule has 0 aliphatic carbocycles. The van der Waals surface area contributed by atoms with E-state index in [-0.39, 0.29) is 11.6 Å². The molecule has 0 aromatic rings. The second kappa shape index (κ2) is 4.21. The average Bonchev–Trinajstić information content (AvgIpc) is 2.53. The molecule has 0 amide bonds. The molecule has 1 heterocycles. The summed E-state index contributed by atoms with van der Waals surface area (Å²) in [6.45, 7) is 6.30. The van der Waals surface area contributed by atoms with Crippen LogP contribution in [-0.4, -0.2) is 31.5 Å². The highest BCUT2D eigenvalue weighted by atomic mass is 16.5. The molecule has 12 heavy (non-hydrogen) atoms. The summed E-state index contributed by atoms with van der Waals surface area (Å²) in [4.78, 5) is 0. The van der Waals surface area contributed by atoms with E-state index in [2.05, 4.69) is 6.92 Å². The molecule has 0 bridgehead atoms. The van der Waals surface area contributed by atoms with Gasteiger partial charge in [-0.2, -0.15) is 0 Å². The molecule has 1 saturated heterocycles. The Morgan fingerprint density at radius 2 is 2.42 bits per heavy atom. The van der Waals surface area contributed by atoms with Gasteiger partial charge in [0.05, 0.1) is 19.3 Å². The second-order valence-electron chi connectivity index (χ2n) is 3.80. The Labute approximate surface area is 74.2 Å². The smallest absolute Gasteiger partial charge is 0.0831 e. The van der Waals surface area contributed by atoms with Crippen LogP contribution in [0.4, 0.5) is 0 Å². The van der Waals surface area contributed by atoms with Crippen LogP contribution in [0.1, 0.15) is 26.7 Å². The number of ether oxygens (including phenoxy) is 2. The van der Waals surface area contributed by atoms with Gasteiger partial charge in [-0.25, -0.2) is 0 Å². The summed E-state index contributed by atoms with van der Waals surface area (Å²) in [5, 5.41) is 0. The standard InChI is InChI=1S/C9H19NO2/c1-3-9(2,10)7-12-8-4-5-11-6-8/h8H,3-7,10H2,1-2H3. The lowest BCUT2D eigenvalue weighted by Crippen LogP contribution is -2.41. The predicted octanol–water partition coefficient (Wildman–Crippen LogP) is 0.919. The van der Waals surface area contributed by atoms with Gasteiger partial charge >= 0.3 is 0 Å². The first-order chi connectivity index (χ1) is 5.64. The zero-order valence-corrected chi connectivity index (χ0v) is 8.01. The Morgan fingerprint density at radius 1 is 1.67 bits per heavy atom. The Kier molecular flexibility index (Phi) is 3.50. The molecule has 0 radical (unpaired) electrons. The highest BCUT2D eigenvalue weighted by molar-refractivity contribution is 4.77. The van der Waals surface area contributed by atoms with Crippen molar-refractivity contribution in [3.63, 3.8) is 0 Å². The lowest BCUT2D eigenvalue weighted by Gasteiger charge is -2.24. The molecule has 0 spiro atoms. The molecular formula is C9H19NO2. The van der Waals surface area contributed by atoms with Crippen molar-refractivity contribution in [3.05, 3.63) is 0 Å². The summed E-state index contributed by atoms with van der Waals surface area (Å²) in [7, 11) is 0. The molecule has 1 rings (SSSR count).